The molecule has 2 atom stereocenters. The highest BCUT2D eigenvalue weighted by atomic mass is 16.5. The minimum absolute atomic E-state index is 0.227. The zero-order valence-electron chi connectivity index (χ0n) is 5.48. The standard InChI is InChI=1S/C7H12O/c1-7(2)6-3-5(6)4-8-7/h5-6H,3-4H2,1-2H3. The highest BCUT2D eigenvalue weighted by molar-refractivity contribution is 5.02. The first-order chi connectivity index (χ1) is 3.70. The van der Waals surface area contributed by atoms with Gasteiger partial charge in [-0.05, 0) is 32.1 Å². The van der Waals surface area contributed by atoms with E-state index < -0.39 is 0 Å². The van der Waals surface area contributed by atoms with Gasteiger partial charge in [0.15, 0.2) is 0 Å². The van der Waals surface area contributed by atoms with E-state index in [2.05, 4.69) is 13.8 Å². The van der Waals surface area contributed by atoms with Gasteiger partial charge < -0.3 is 4.74 Å². The van der Waals surface area contributed by atoms with Gasteiger partial charge in [0, 0.05) is 0 Å². The smallest absolute Gasteiger partial charge is 0.0658 e. The summed E-state index contributed by atoms with van der Waals surface area (Å²) in [4.78, 5) is 0. The molecule has 46 valence electrons. The lowest BCUT2D eigenvalue weighted by Crippen LogP contribution is -2.22. The maximum atomic E-state index is 5.50. The SMILES string of the molecule is CC1(C)OCC2CC21. The molecule has 0 bridgehead atoms. The van der Waals surface area contributed by atoms with Crippen LogP contribution in [0.1, 0.15) is 20.3 Å². The molecular weight excluding hydrogens is 100 g/mol. The fourth-order valence-corrected chi connectivity index (χ4v) is 1.71. The molecule has 1 nitrogen and oxygen atoms in total. The van der Waals surface area contributed by atoms with E-state index in [1.807, 2.05) is 0 Å². The monoisotopic (exact) mass is 112 g/mol. The van der Waals surface area contributed by atoms with Crippen LogP contribution in [0.4, 0.5) is 0 Å². The van der Waals surface area contributed by atoms with Crippen LogP contribution >= 0.6 is 0 Å². The lowest BCUT2D eigenvalue weighted by Gasteiger charge is -2.18. The Morgan fingerprint density at radius 3 is 2.38 bits per heavy atom. The van der Waals surface area contributed by atoms with E-state index in [1.54, 1.807) is 0 Å². The van der Waals surface area contributed by atoms with Gasteiger partial charge in [-0.15, -0.1) is 0 Å². The van der Waals surface area contributed by atoms with E-state index in [4.69, 9.17) is 4.74 Å². The average Bonchev–Trinajstić information content (AvgIpc) is 2.34. The summed E-state index contributed by atoms with van der Waals surface area (Å²) in [6.07, 6.45) is 1.42. The summed E-state index contributed by atoms with van der Waals surface area (Å²) in [5.74, 6) is 1.84. The Morgan fingerprint density at radius 2 is 2.25 bits per heavy atom. The molecule has 0 radical (unpaired) electrons. The first-order valence-electron chi connectivity index (χ1n) is 3.34. The minimum atomic E-state index is 0.227. The van der Waals surface area contributed by atoms with Gasteiger partial charge >= 0.3 is 0 Å². The second-order valence-electron chi connectivity index (χ2n) is 3.52. The van der Waals surface area contributed by atoms with Gasteiger partial charge in [0.05, 0.1) is 12.2 Å². The molecular formula is C7H12O. The van der Waals surface area contributed by atoms with Crippen molar-refractivity contribution in [3.63, 3.8) is 0 Å². The molecule has 1 aliphatic carbocycles. The molecule has 0 N–H and O–H groups in total. The number of fused-ring (bicyclic) bond motifs is 1. The van der Waals surface area contributed by atoms with Gasteiger partial charge in [-0.25, -0.2) is 0 Å². The van der Waals surface area contributed by atoms with Crippen LogP contribution in [-0.4, -0.2) is 12.2 Å². The zero-order chi connectivity index (χ0) is 5.78. The summed E-state index contributed by atoms with van der Waals surface area (Å²) in [5.41, 5.74) is 0.227. The van der Waals surface area contributed by atoms with Crippen LogP contribution in [0.3, 0.4) is 0 Å². The van der Waals surface area contributed by atoms with Crippen molar-refractivity contribution in [3.05, 3.63) is 0 Å². The fraction of sp³-hybridized carbons (Fsp3) is 1.00. The highest BCUT2D eigenvalue weighted by Crippen LogP contribution is 2.53. The van der Waals surface area contributed by atoms with Crippen molar-refractivity contribution in [1.29, 1.82) is 0 Å². The van der Waals surface area contributed by atoms with Gasteiger partial charge in [0.2, 0.25) is 0 Å². The summed E-state index contributed by atoms with van der Waals surface area (Å²) < 4.78 is 5.50. The van der Waals surface area contributed by atoms with E-state index in [0.29, 0.717) is 0 Å². The number of rotatable bonds is 0. The van der Waals surface area contributed by atoms with E-state index >= 15 is 0 Å². The van der Waals surface area contributed by atoms with Crippen LogP contribution in [-0.2, 0) is 4.74 Å². The van der Waals surface area contributed by atoms with Gasteiger partial charge in [0.1, 0.15) is 0 Å². The van der Waals surface area contributed by atoms with Crippen molar-refractivity contribution in [3.8, 4) is 0 Å². The van der Waals surface area contributed by atoms with Gasteiger partial charge in [-0.3, -0.25) is 0 Å². The predicted octanol–water partition coefficient (Wildman–Crippen LogP) is 1.43. The molecule has 0 aromatic carbocycles. The van der Waals surface area contributed by atoms with E-state index in [-0.39, 0.29) is 5.60 Å². The van der Waals surface area contributed by atoms with Crippen molar-refractivity contribution >= 4 is 0 Å². The summed E-state index contributed by atoms with van der Waals surface area (Å²) in [7, 11) is 0. The Morgan fingerprint density at radius 1 is 1.50 bits per heavy atom. The maximum Gasteiger partial charge on any atom is 0.0658 e. The van der Waals surface area contributed by atoms with Crippen LogP contribution in [0, 0.1) is 11.8 Å². The third-order valence-electron chi connectivity index (χ3n) is 2.48. The quantitative estimate of drug-likeness (QED) is 0.460. The third-order valence-corrected chi connectivity index (χ3v) is 2.48. The molecule has 2 fully saturated rings. The first-order valence-corrected chi connectivity index (χ1v) is 3.34. The molecule has 0 spiro atoms. The molecule has 1 heterocycles. The summed E-state index contributed by atoms with van der Waals surface area (Å²) in [5, 5.41) is 0. The molecule has 2 aliphatic rings. The normalized spacial score (nSPS) is 48.8. The summed E-state index contributed by atoms with van der Waals surface area (Å²) in [6, 6.07) is 0. The van der Waals surface area contributed by atoms with Crippen molar-refractivity contribution in [1.82, 2.24) is 0 Å². The Hall–Kier alpha value is -0.0400. The minimum Gasteiger partial charge on any atom is -0.375 e. The molecule has 1 saturated carbocycles. The molecule has 1 heteroatoms. The molecule has 2 unspecified atom stereocenters. The molecule has 8 heavy (non-hydrogen) atoms. The second kappa shape index (κ2) is 1.10. The van der Waals surface area contributed by atoms with E-state index in [9.17, 15) is 0 Å². The van der Waals surface area contributed by atoms with Crippen LogP contribution in [0.15, 0.2) is 0 Å². The van der Waals surface area contributed by atoms with Gasteiger partial charge in [-0.2, -0.15) is 0 Å². The molecule has 0 aromatic rings. The van der Waals surface area contributed by atoms with Crippen LogP contribution in [0.5, 0.6) is 0 Å². The van der Waals surface area contributed by atoms with Crippen molar-refractivity contribution in [2.45, 2.75) is 25.9 Å². The number of ether oxygens (including phenoxy) is 1. The fourth-order valence-electron chi connectivity index (χ4n) is 1.71. The zero-order valence-corrected chi connectivity index (χ0v) is 5.48. The topological polar surface area (TPSA) is 9.23 Å². The Balaban J connectivity index is 2.17. The van der Waals surface area contributed by atoms with Gasteiger partial charge in [0.25, 0.3) is 0 Å². The Labute approximate surface area is 50.0 Å². The van der Waals surface area contributed by atoms with Gasteiger partial charge in [-0.1, -0.05) is 0 Å². The summed E-state index contributed by atoms with van der Waals surface area (Å²) in [6.45, 7) is 5.42. The van der Waals surface area contributed by atoms with Crippen LogP contribution in [0.2, 0.25) is 0 Å². The Bertz CT molecular complexity index is 118. The van der Waals surface area contributed by atoms with Crippen molar-refractivity contribution in [2.75, 3.05) is 6.61 Å². The average molecular weight is 112 g/mol. The largest absolute Gasteiger partial charge is 0.375 e. The first kappa shape index (κ1) is 4.80. The van der Waals surface area contributed by atoms with Crippen molar-refractivity contribution in [2.24, 2.45) is 11.8 Å². The molecule has 0 amide bonds. The van der Waals surface area contributed by atoms with Crippen LogP contribution < -0.4 is 0 Å². The Kier molecular flexibility index (Phi) is 0.663. The van der Waals surface area contributed by atoms with E-state index in [1.165, 1.54) is 6.42 Å². The van der Waals surface area contributed by atoms with E-state index in [0.717, 1.165) is 18.4 Å². The van der Waals surface area contributed by atoms with Crippen LogP contribution in [0.25, 0.3) is 0 Å². The highest BCUT2D eigenvalue weighted by Gasteiger charge is 2.54. The summed E-state index contributed by atoms with van der Waals surface area (Å²) >= 11 is 0. The van der Waals surface area contributed by atoms with Crippen molar-refractivity contribution < 1.29 is 4.74 Å². The lowest BCUT2D eigenvalue weighted by molar-refractivity contribution is 0.00634. The lowest BCUT2D eigenvalue weighted by atomic mass is 10.0. The molecule has 2 rings (SSSR count). The number of hydrogen-bond donors (Lipinski definition) is 0. The number of hydrogen-bond acceptors (Lipinski definition) is 1. The molecule has 1 saturated heterocycles. The molecule has 1 aliphatic heterocycles. The predicted molar refractivity (Wildman–Crippen MR) is 31.6 cm³/mol. The molecule has 0 aromatic heterocycles. The maximum absolute atomic E-state index is 5.50. The second-order valence-corrected chi connectivity index (χ2v) is 3.52. The third kappa shape index (κ3) is 0.455.